The topological polar surface area (TPSA) is 18.5 Å². The van der Waals surface area contributed by atoms with Crippen LogP contribution in [0.25, 0.3) is 5.20 Å². The quantitative estimate of drug-likeness (QED) is 0.265. The van der Waals surface area contributed by atoms with Crippen molar-refractivity contribution in [1.29, 1.82) is 0 Å². The fourth-order valence-corrected chi connectivity index (χ4v) is 9.91. The van der Waals surface area contributed by atoms with Crippen molar-refractivity contribution in [2.24, 2.45) is 0 Å². The Kier molecular flexibility index (Phi) is 8.77. The van der Waals surface area contributed by atoms with Gasteiger partial charge in [-0.15, -0.1) is 0 Å². The molecule has 30 heavy (non-hydrogen) atoms. The molecule has 1 aromatic carbocycles. The van der Waals surface area contributed by atoms with Gasteiger partial charge in [0.05, 0.1) is 12.2 Å². The Labute approximate surface area is 188 Å². The molecule has 1 heterocycles. The summed E-state index contributed by atoms with van der Waals surface area (Å²) in [5.41, 5.74) is 2.81. The average Bonchev–Trinajstić information content (AvgIpc) is 3.00. The second-order valence-electron chi connectivity index (χ2n) is 10.6. The number of hydrogen-bond donors (Lipinski definition) is 0. The number of unbranched alkanes of at least 4 members (excludes halogenated alkanes) is 2. The molecule has 0 N–H and O–H groups in total. The van der Waals surface area contributed by atoms with Crippen molar-refractivity contribution in [2.45, 2.75) is 117 Å². The summed E-state index contributed by atoms with van der Waals surface area (Å²) in [6.07, 6.45) is 5.10. The van der Waals surface area contributed by atoms with Crippen LogP contribution in [0.15, 0.2) is 35.9 Å². The maximum absolute atomic E-state index is 7.14. The van der Waals surface area contributed by atoms with Crippen molar-refractivity contribution in [3.8, 4) is 0 Å². The molecular weight excluding hydrogens is 400 g/mol. The van der Waals surface area contributed by atoms with E-state index in [-0.39, 0.29) is 17.2 Å². The van der Waals surface area contributed by atoms with Gasteiger partial charge in [-0.3, -0.25) is 0 Å². The molecule has 0 spiro atoms. The molecule has 0 aliphatic carbocycles. The van der Waals surface area contributed by atoms with Crippen molar-refractivity contribution in [1.82, 2.24) is 0 Å². The Morgan fingerprint density at radius 3 is 2.13 bits per heavy atom. The Morgan fingerprint density at radius 1 is 1.03 bits per heavy atom. The molecular formula is C26H46O2Si2. The van der Waals surface area contributed by atoms with E-state index in [1.54, 1.807) is 0 Å². The minimum Gasteiger partial charge on any atom is -0.411 e. The first-order valence-corrected chi connectivity index (χ1v) is 17.4. The van der Waals surface area contributed by atoms with Gasteiger partial charge in [0, 0.05) is 0 Å². The summed E-state index contributed by atoms with van der Waals surface area (Å²) in [5.74, 6) is 0. The molecule has 0 bridgehead atoms. The van der Waals surface area contributed by atoms with E-state index in [1.165, 1.54) is 35.6 Å². The summed E-state index contributed by atoms with van der Waals surface area (Å²) >= 11 is 0. The zero-order valence-corrected chi connectivity index (χ0v) is 23.1. The molecule has 0 fully saturated rings. The van der Waals surface area contributed by atoms with Gasteiger partial charge < -0.3 is 8.85 Å². The molecule has 2 rings (SSSR count). The first-order valence-electron chi connectivity index (χ1n) is 12.1. The standard InChI is InChI=1S/C26H46O2Si2/c1-10-13-15-20-23(27-29(8,9)26(5,6)7)24-21(4)25(22-18-16-14-17-19-22)30(11-2,12-3)28-24/h14,16-19,23-24H,10-13,15,20H2,1-9H3/t23-,24+/m0/s1. The molecule has 0 amide bonds. The highest BCUT2D eigenvalue weighted by Crippen LogP contribution is 2.47. The summed E-state index contributed by atoms with van der Waals surface area (Å²) in [7, 11) is -3.87. The van der Waals surface area contributed by atoms with Crippen LogP contribution in [0.3, 0.4) is 0 Å². The van der Waals surface area contributed by atoms with Gasteiger partial charge in [0.15, 0.2) is 8.32 Å². The lowest BCUT2D eigenvalue weighted by Gasteiger charge is -2.41. The largest absolute Gasteiger partial charge is 0.411 e. The van der Waals surface area contributed by atoms with Crippen LogP contribution >= 0.6 is 0 Å². The zero-order chi connectivity index (χ0) is 22.6. The smallest absolute Gasteiger partial charge is 0.225 e. The third-order valence-corrected chi connectivity index (χ3v) is 16.6. The molecule has 1 aromatic rings. The van der Waals surface area contributed by atoms with E-state index in [0.717, 1.165) is 18.5 Å². The van der Waals surface area contributed by atoms with Gasteiger partial charge in [-0.25, -0.2) is 0 Å². The predicted octanol–water partition coefficient (Wildman–Crippen LogP) is 8.35. The number of hydrogen-bond acceptors (Lipinski definition) is 2. The van der Waals surface area contributed by atoms with Crippen molar-refractivity contribution >= 4 is 21.8 Å². The van der Waals surface area contributed by atoms with E-state index in [0.29, 0.717) is 0 Å². The van der Waals surface area contributed by atoms with Crippen molar-refractivity contribution in [2.75, 3.05) is 0 Å². The van der Waals surface area contributed by atoms with Crippen LogP contribution in [0, 0.1) is 0 Å². The molecule has 0 radical (unpaired) electrons. The first kappa shape index (κ1) is 25.6. The van der Waals surface area contributed by atoms with Crippen molar-refractivity contribution in [3.63, 3.8) is 0 Å². The highest BCUT2D eigenvalue weighted by Gasteiger charge is 2.50. The Morgan fingerprint density at radius 2 is 1.63 bits per heavy atom. The fraction of sp³-hybridized carbons (Fsp3) is 0.692. The van der Waals surface area contributed by atoms with E-state index >= 15 is 0 Å². The molecule has 0 saturated carbocycles. The molecule has 4 heteroatoms. The van der Waals surface area contributed by atoms with Crippen LogP contribution in [0.5, 0.6) is 0 Å². The predicted molar refractivity (Wildman–Crippen MR) is 137 cm³/mol. The lowest BCUT2D eigenvalue weighted by atomic mass is 9.99. The van der Waals surface area contributed by atoms with E-state index in [9.17, 15) is 0 Å². The minimum atomic E-state index is -1.99. The summed E-state index contributed by atoms with van der Waals surface area (Å²) in [4.78, 5) is 0. The molecule has 1 aliphatic heterocycles. The first-order chi connectivity index (χ1) is 14.0. The molecule has 0 saturated heterocycles. The van der Waals surface area contributed by atoms with Crippen molar-refractivity contribution in [3.05, 3.63) is 41.5 Å². The van der Waals surface area contributed by atoms with Crippen LogP contribution in [0.2, 0.25) is 30.2 Å². The van der Waals surface area contributed by atoms with Crippen LogP contribution in [-0.4, -0.2) is 28.8 Å². The maximum atomic E-state index is 7.14. The van der Waals surface area contributed by atoms with Gasteiger partial charge in [0.2, 0.25) is 8.32 Å². The lowest BCUT2D eigenvalue weighted by Crippen LogP contribution is -2.48. The second kappa shape index (κ2) is 10.3. The van der Waals surface area contributed by atoms with Gasteiger partial charge in [-0.1, -0.05) is 91.1 Å². The monoisotopic (exact) mass is 446 g/mol. The van der Waals surface area contributed by atoms with Gasteiger partial charge in [0.1, 0.15) is 0 Å². The molecule has 2 atom stereocenters. The average molecular weight is 447 g/mol. The molecule has 0 aromatic heterocycles. The van der Waals surface area contributed by atoms with E-state index in [2.05, 4.69) is 91.9 Å². The molecule has 1 aliphatic rings. The lowest BCUT2D eigenvalue weighted by molar-refractivity contribution is 0.0586. The van der Waals surface area contributed by atoms with Gasteiger partial charge >= 0.3 is 0 Å². The van der Waals surface area contributed by atoms with Gasteiger partial charge in [0.25, 0.3) is 0 Å². The summed E-state index contributed by atoms with van der Waals surface area (Å²) in [5, 5.41) is 1.75. The fourth-order valence-electron chi connectivity index (χ4n) is 4.54. The van der Waals surface area contributed by atoms with Crippen LogP contribution < -0.4 is 0 Å². The third-order valence-electron chi connectivity index (χ3n) is 7.52. The zero-order valence-electron chi connectivity index (χ0n) is 21.1. The maximum Gasteiger partial charge on any atom is 0.225 e. The molecule has 0 unspecified atom stereocenters. The molecule has 170 valence electrons. The highest BCUT2D eigenvalue weighted by atomic mass is 28.4. The normalized spacial score (nSPS) is 20.6. The van der Waals surface area contributed by atoms with Crippen LogP contribution in [0.1, 0.15) is 79.7 Å². The second-order valence-corrected chi connectivity index (χ2v) is 19.5. The van der Waals surface area contributed by atoms with E-state index in [4.69, 9.17) is 8.85 Å². The number of benzene rings is 1. The SMILES string of the molecule is CCCCC[C@H](O[Si](C)(C)C(C)(C)C)[C@@H]1O[Si](CC)(CC)C(c2ccccc2)=C1C. The summed E-state index contributed by atoms with van der Waals surface area (Å²) < 4.78 is 14.2. The molecule has 2 nitrogen and oxygen atoms in total. The number of rotatable bonds is 10. The minimum absolute atomic E-state index is 0.109. The van der Waals surface area contributed by atoms with Gasteiger partial charge in [-0.2, -0.15) is 0 Å². The Balaban J connectivity index is 2.48. The third kappa shape index (κ3) is 5.38. The van der Waals surface area contributed by atoms with Crippen molar-refractivity contribution < 1.29 is 8.85 Å². The van der Waals surface area contributed by atoms with Gasteiger partial charge in [-0.05, 0) is 59.9 Å². The van der Waals surface area contributed by atoms with Crippen LogP contribution in [-0.2, 0) is 8.85 Å². The summed E-state index contributed by atoms with van der Waals surface area (Å²) in [6, 6.07) is 13.3. The van der Waals surface area contributed by atoms with Crippen LogP contribution in [0.4, 0.5) is 0 Å². The highest BCUT2D eigenvalue weighted by molar-refractivity contribution is 6.92. The van der Waals surface area contributed by atoms with E-state index in [1.807, 2.05) is 0 Å². The van der Waals surface area contributed by atoms with E-state index < -0.39 is 16.6 Å². The Bertz CT molecular complexity index is 699. The summed E-state index contributed by atoms with van der Waals surface area (Å²) in [6.45, 7) is 21.1. The Hall–Kier alpha value is -0.686.